The molecule has 0 atom stereocenters. The molecule has 0 saturated carbocycles. The second-order valence-electron chi connectivity index (χ2n) is 7.35. The zero-order valence-electron chi connectivity index (χ0n) is 16.4. The lowest BCUT2D eigenvalue weighted by Crippen LogP contribution is -2.42. The van der Waals surface area contributed by atoms with Crippen LogP contribution < -0.4 is 19.7 Å². The number of fused-ring (bicyclic) bond motifs is 1. The van der Waals surface area contributed by atoms with E-state index in [1.54, 1.807) is 29.2 Å². The van der Waals surface area contributed by atoms with Gasteiger partial charge in [-0.2, -0.15) is 0 Å². The van der Waals surface area contributed by atoms with Crippen LogP contribution in [-0.4, -0.2) is 31.6 Å². The van der Waals surface area contributed by atoms with Crippen LogP contribution in [0.1, 0.15) is 13.8 Å². The predicted octanol–water partition coefficient (Wildman–Crippen LogP) is 3.78. The van der Waals surface area contributed by atoms with Gasteiger partial charge in [0.1, 0.15) is 23.9 Å². The molecule has 0 fully saturated rings. The summed E-state index contributed by atoms with van der Waals surface area (Å²) in [6, 6.07) is 10.5. The molecule has 2 aromatic carbocycles. The average molecular weight is 398 g/mol. The Morgan fingerprint density at radius 3 is 2.72 bits per heavy atom. The minimum atomic E-state index is -0.686. The standard InChI is InChI=1S/C22H23FN2O4/c1-4-11-25-18-10-7-16(12-19(18)29-14-22(2,3)21(25)27)24-20(26)13-28-17-8-5-15(23)6-9-17/h4-10,12H,1,11,13-14H2,2-3H3,(H,24,26). The maximum absolute atomic E-state index is 12.9. The lowest BCUT2D eigenvalue weighted by molar-refractivity contribution is -0.127. The summed E-state index contributed by atoms with van der Waals surface area (Å²) in [4.78, 5) is 26.6. The quantitative estimate of drug-likeness (QED) is 0.752. The highest BCUT2D eigenvalue weighted by molar-refractivity contribution is 6.00. The molecule has 6 nitrogen and oxygen atoms in total. The van der Waals surface area contributed by atoms with Crippen LogP contribution >= 0.6 is 0 Å². The topological polar surface area (TPSA) is 67.9 Å². The van der Waals surface area contributed by atoms with Gasteiger partial charge in [-0.05, 0) is 50.2 Å². The Balaban J connectivity index is 1.71. The number of ether oxygens (including phenoxy) is 2. The predicted molar refractivity (Wildman–Crippen MR) is 109 cm³/mol. The van der Waals surface area contributed by atoms with E-state index >= 15 is 0 Å². The Labute approximate surface area is 168 Å². The van der Waals surface area contributed by atoms with Gasteiger partial charge in [-0.3, -0.25) is 9.59 Å². The van der Waals surface area contributed by atoms with Crippen molar-refractivity contribution in [1.29, 1.82) is 0 Å². The number of anilines is 2. The molecule has 2 amide bonds. The number of amides is 2. The van der Waals surface area contributed by atoms with Crippen molar-refractivity contribution in [1.82, 2.24) is 0 Å². The minimum Gasteiger partial charge on any atom is -0.490 e. The third kappa shape index (κ3) is 4.74. The number of halogens is 1. The number of nitrogens with zero attached hydrogens (tertiary/aromatic N) is 1. The van der Waals surface area contributed by atoms with Crippen LogP contribution in [0.4, 0.5) is 15.8 Å². The van der Waals surface area contributed by atoms with E-state index in [-0.39, 0.29) is 30.8 Å². The van der Waals surface area contributed by atoms with Crippen LogP contribution in [0.5, 0.6) is 11.5 Å². The van der Waals surface area contributed by atoms with E-state index in [1.165, 1.54) is 24.3 Å². The average Bonchev–Trinajstić information content (AvgIpc) is 2.78. The highest BCUT2D eigenvalue weighted by atomic mass is 19.1. The van der Waals surface area contributed by atoms with Gasteiger partial charge >= 0.3 is 0 Å². The molecule has 152 valence electrons. The normalized spacial score (nSPS) is 15.0. The fraction of sp³-hybridized carbons (Fsp3) is 0.273. The van der Waals surface area contributed by atoms with Crippen LogP contribution in [0.2, 0.25) is 0 Å². The van der Waals surface area contributed by atoms with Gasteiger partial charge in [-0.25, -0.2) is 4.39 Å². The fourth-order valence-corrected chi connectivity index (χ4v) is 2.91. The van der Waals surface area contributed by atoms with Gasteiger partial charge < -0.3 is 19.7 Å². The molecule has 0 aromatic heterocycles. The molecule has 3 rings (SSSR count). The molecule has 0 radical (unpaired) electrons. The Hall–Kier alpha value is -3.35. The third-order valence-electron chi connectivity index (χ3n) is 4.44. The molecular weight excluding hydrogens is 375 g/mol. The molecule has 1 N–H and O–H groups in total. The number of hydrogen-bond acceptors (Lipinski definition) is 4. The highest BCUT2D eigenvalue weighted by Crippen LogP contribution is 2.38. The second kappa shape index (κ2) is 8.34. The molecule has 1 aliphatic heterocycles. The third-order valence-corrected chi connectivity index (χ3v) is 4.44. The molecule has 7 heteroatoms. The van der Waals surface area contributed by atoms with E-state index in [1.807, 2.05) is 13.8 Å². The fourth-order valence-electron chi connectivity index (χ4n) is 2.91. The number of nitrogens with one attached hydrogen (secondary N) is 1. The highest BCUT2D eigenvalue weighted by Gasteiger charge is 2.37. The maximum atomic E-state index is 12.9. The largest absolute Gasteiger partial charge is 0.490 e. The van der Waals surface area contributed by atoms with E-state index in [9.17, 15) is 14.0 Å². The molecule has 0 unspecified atom stereocenters. The summed E-state index contributed by atoms with van der Waals surface area (Å²) < 4.78 is 24.1. The van der Waals surface area contributed by atoms with E-state index in [0.717, 1.165) is 0 Å². The monoisotopic (exact) mass is 398 g/mol. The summed E-state index contributed by atoms with van der Waals surface area (Å²) >= 11 is 0. The molecule has 1 aliphatic rings. The van der Waals surface area contributed by atoms with Crippen molar-refractivity contribution < 1.29 is 23.5 Å². The molecule has 2 aromatic rings. The van der Waals surface area contributed by atoms with Gasteiger partial charge in [0, 0.05) is 18.3 Å². The van der Waals surface area contributed by atoms with Crippen LogP contribution in [0, 0.1) is 11.2 Å². The van der Waals surface area contributed by atoms with Crippen molar-refractivity contribution in [2.24, 2.45) is 5.41 Å². The second-order valence-corrected chi connectivity index (χ2v) is 7.35. The molecular formula is C22H23FN2O4. The lowest BCUT2D eigenvalue weighted by atomic mass is 9.93. The zero-order valence-corrected chi connectivity index (χ0v) is 16.4. The molecule has 0 aliphatic carbocycles. The van der Waals surface area contributed by atoms with Gasteiger partial charge in [0.15, 0.2) is 6.61 Å². The van der Waals surface area contributed by atoms with Crippen molar-refractivity contribution in [3.8, 4) is 11.5 Å². The van der Waals surface area contributed by atoms with Crippen molar-refractivity contribution in [2.45, 2.75) is 13.8 Å². The number of carbonyl (C=O) groups is 2. The summed E-state index contributed by atoms with van der Waals surface area (Å²) in [6.45, 7) is 7.73. The van der Waals surface area contributed by atoms with E-state index in [0.29, 0.717) is 29.4 Å². The van der Waals surface area contributed by atoms with Crippen LogP contribution in [0.15, 0.2) is 55.1 Å². The summed E-state index contributed by atoms with van der Waals surface area (Å²) in [5.74, 6) is 0.0949. The summed E-state index contributed by atoms with van der Waals surface area (Å²) in [7, 11) is 0. The first-order valence-electron chi connectivity index (χ1n) is 9.18. The molecule has 0 spiro atoms. The molecule has 1 heterocycles. The first-order valence-corrected chi connectivity index (χ1v) is 9.18. The van der Waals surface area contributed by atoms with Gasteiger partial charge in [-0.1, -0.05) is 6.08 Å². The Morgan fingerprint density at radius 2 is 2.03 bits per heavy atom. The first-order chi connectivity index (χ1) is 13.8. The Kier molecular flexibility index (Phi) is 5.87. The Morgan fingerprint density at radius 1 is 1.31 bits per heavy atom. The first kappa shape index (κ1) is 20.4. The van der Waals surface area contributed by atoms with Crippen LogP contribution in [0.3, 0.4) is 0 Å². The zero-order chi connectivity index (χ0) is 21.0. The van der Waals surface area contributed by atoms with Gasteiger partial charge in [0.25, 0.3) is 5.91 Å². The van der Waals surface area contributed by atoms with Crippen LogP contribution in [-0.2, 0) is 9.59 Å². The van der Waals surface area contributed by atoms with Crippen molar-refractivity contribution in [2.75, 3.05) is 30.0 Å². The smallest absolute Gasteiger partial charge is 0.262 e. The van der Waals surface area contributed by atoms with Crippen molar-refractivity contribution >= 4 is 23.2 Å². The molecule has 0 saturated heterocycles. The Bertz CT molecular complexity index is 925. The van der Waals surface area contributed by atoms with E-state index in [2.05, 4.69) is 11.9 Å². The number of hydrogen-bond donors (Lipinski definition) is 1. The van der Waals surface area contributed by atoms with E-state index < -0.39 is 5.41 Å². The van der Waals surface area contributed by atoms with Crippen LogP contribution in [0.25, 0.3) is 0 Å². The molecule has 0 bridgehead atoms. The van der Waals surface area contributed by atoms with Gasteiger partial charge in [0.05, 0.1) is 11.1 Å². The number of benzene rings is 2. The number of rotatable bonds is 6. The van der Waals surface area contributed by atoms with Gasteiger partial charge in [-0.15, -0.1) is 6.58 Å². The SMILES string of the molecule is C=CCN1C(=O)C(C)(C)COc2cc(NC(=O)COc3ccc(F)cc3)ccc21. The number of carbonyl (C=O) groups excluding carboxylic acids is 2. The molecule has 29 heavy (non-hydrogen) atoms. The summed E-state index contributed by atoms with van der Waals surface area (Å²) in [5.41, 5.74) is 0.456. The van der Waals surface area contributed by atoms with E-state index in [4.69, 9.17) is 9.47 Å². The lowest BCUT2D eigenvalue weighted by Gasteiger charge is -2.27. The maximum Gasteiger partial charge on any atom is 0.262 e. The summed E-state index contributed by atoms with van der Waals surface area (Å²) in [5, 5.41) is 2.73. The van der Waals surface area contributed by atoms with Gasteiger partial charge in [0.2, 0.25) is 5.91 Å². The van der Waals surface area contributed by atoms with Crippen molar-refractivity contribution in [3.05, 3.63) is 60.9 Å². The van der Waals surface area contributed by atoms with Crippen molar-refractivity contribution in [3.63, 3.8) is 0 Å². The summed E-state index contributed by atoms with van der Waals surface area (Å²) in [6.07, 6.45) is 1.66. The minimum absolute atomic E-state index is 0.0550.